The van der Waals surface area contributed by atoms with E-state index in [1.165, 1.54) is 12.1 Å². The summed E-state index contributed by atoms with van der Waals surface area (Å²) in [6.45, 7) is 1.95. The standard InChI is InChI=1S/C11H15BrFNO3S2/c1-8(18(2)15)5-6-14-19(16,17)9-3-4-10(12)11(13)7-9/h3-4,7-8,14H,5-6H2,1-2H3. The van der Waals surface area contributed by atoms with Crippen LogP contribution < -0.4 is 4.72 Å². The lowest BCUT2D eigenvalue weighted by Crippen LogP contribution is -2.27. The molecule has 0 aliphatic heterocycles. The molecule has 0 amide bonds. The van der Waals surface area contributed by atoms with Crippen LogP contribution in [0.4, 0.5) is 4.39 Å². The molecular formula is C11H15BrFNO3S2. The second-order valence-corrected chi connectivity index (χ2v) is 8.49. The van der Waals surface area contributed by atoms with E-state index in [9.17, 15) is 17.0 Å². The molecule has 8 heteroatoms. The summed E-state index contributed by atoms with van der Waals surface area (Å²) in [4.78, 5) is -0.126. The fourth-order valence-corrected chi connectivity index (χ4v) is 3.05. The second kappa shape index (κ2) is 6.92. The van der Waals surface area contributed by atoms with Crippen LogP contribution in [0.15, 0.2) is 27.6 Å². The maximum Gasteiger partial charge on any atom is 0.240 e. The molecule has 0 aromatic heterocycles. The molecule has 1 aromatic rings. The Hall–Kier alpha value is -0.310. The predicted molar refractivity (Wildman–Crippen MR) is 77.4 cm³/mol. The molecule has 0 bridgehead atoms. The van der Waals surface area contributed by atoms with Gasteiger partial charge in [0, 0.05) is 28.9 Å². The smallest absolute Gasteiger partial charge is 0.240 e. The Kier molecular flexibility index (Phi) is 6.10. The van der Waals surface area contributed by atoms with Crippen molar-refractivity contribution in [2.75, 3.05) is 12.8 Å². The monoisotopic (exact) mass is 371 g/mol. The van der Waals surface area contributed by atoms with E-state index in [1.807, 2.05) is 0 Å². The van der Waals surface area contributed by atoms with E-state index in [1.54, 1.807) is 13.2 Å². The molecule has 1 aromatic carbocycles. The highest BCUT2D eigenvalue weighted by Crippen LogP contribution is 2.19. The summed E-state index contributed by atoms with van der Waals surface area (Å²) >= 11 is 2.96. The van der Waals surface area contributed by atoms with E-state index < -0.39 is 26.6 Å². The molecule has 0 heterocycles. The van der Waals surface area contributed by atoms with Gasteiger partial charge in [-0.25, -0.2) is 17.5 Å². The molecule has 2 atom stereocenters. The largest absolute Gasteiger partial charge is 0.260 e. The molecule has 0 aliphatic carbocycles. The van der Waals surface area contributed by atoms with E-state index >= 15 is 0 Å². The van der Waals surface area contributed by atoms with Gasteiger partial charge in [-0.05, 0) is 40.5 Å². The Labute approximate surface area is 123 Å². The first-order valence-corrected chi connectivity index (χ1v) is 9.40. The average Bonchev–Trinajstić information content (AvgIpc) is 2.32. The number of sulfonamides is 1. The van der Waals surface area contributed by atoms with Crippen molar-refractivity contribution in [3.63, 3.8) is 0 Å². The first kappa shape index (κ1) is 16.7. The lowest BCUT2D eigenvalue weighted by Gasteiger charge is -2.10. The molecule has 0 saturated heterocycles. The third-order valence-electron chi connectivity index (χ3n) is 2.61. The highest BCUT2D eigenvalue weighted by atomic mass is 79.9. The van der Waals surface area contributed by atoms with Crippen molar-refractivity contribution < 1.29 is 17.0 Å². The van der Waals surface area contributed by atoms with Crippen molar-refractivity contribution >= 4 is 36.8 Å². The zero-order valence-electron chi connectivity index (χ0n) is 10.5. The van der Waals surface area contributed by atoms with E-state index in [4.69, 9.17) is 0 Å². The van der Waals surface area contributed by atoms with Gasteiger partial charge in [-0.1, -0.05) is 6.92 Å². The fourth-order valence-electron chi connectivity index (χ4n) is 1.29. The lowest BCUT2D eigenvalue weighted by molar-refractivity contribution is 0.573. The van der Waals surface area contributed by atoms with Gasteiger partial charge in [0.05, 0.1) is 9.37 Å². The summed E-state index contributed by atoms with van der Waals surface area (Å²) in [6, 6.07) is 3.61. The molecule has 1 rings (SSSR count). The van der Waals surface area contributed by atoms with Crippen LogP contribution in [0.25, 0.3) is 0 Å². The molecule has 0 saturated carbocycles. The lowest BCUT2D eigenvalue weighted by atomic mass is 10.3. The van der Waals surface area contributed by atoms with Gasteiger partial charge in [-0.2, -0.15) is 0 Å². The summed E-state index contributed by atoms with van der Waals surface area (Å²) in [5.41, 5.74) is 0. The van der Waals surface area contributed by atoms with Crippen LogP contribution in [0.1, 0.15) is 13.3 Å². The molecule has 2 unspecified atom stereocenters. The highest BCUT2D eigenvalue weighted by Gasteiger charge is 2.16. The van der Waals surface area contributed by atoms with Crippen molar-refractivity contribution in [3.05, 3.63) is 28.5 Å². The Morgan fingerprint density at radius 1 is 1.47 bits per heavy atom. The van der Waals surface area contributed by atoms with Crippen LogP contribution in [0.2, 0.25) is 0 Å². The summed E-state index contributed by atoms with van der Waals surface area (Å²) in [6.07, 6.45) is 2.03. The number of halogens is 2. The van der Waals surface area contributed by atoms with Crippen molar-refractivity contribution in [3.8, 4) is 0 Å². The minimum atomic E-state index is -3.73. The van der Waals surface area contributed by atoms with Crippen LogP contribution in [0.5, 0.6) is 0 Å². The first-order valence-electron chi connectivity index (χ1n) is 5.51. The van der Waals surface area contributed by atoms with Crippen LogP contribution in [0, 0.1) is 5.82 Å². The Balaban J connectivity index is 2.71. The highest BCUT2D eigenvalue weighted by molar-refractivity contribution is 9.10. The van der Waals surface area contributed by atoms with Crippen LogP contribution >= 0.6 is 15.9 Å². The van der Waals surface area contributed by atoms with Crippen LogP contribution in [0.3, 0.4) is 0 Å². The SMILES string of the molecule is CC(CCNS(=O)(=O)c1ccc(Br)c(F)c1)S(C)=O. The molecular weight excluding hydrogens is 357 g/mol. The van der Waals surface area contributed by atoms with Crippen molar-refractivity contribution in [1.29, 1.82) is 0 Å². The summed E-state index contributed by atoms with van der Waals surface area (Å²) in [5.74, 6) is -0.633. The molecule has 0 fully saturated rings. The van der Waals surface area contributed by atoms with Crippen LogP contribution in [-0.4, -0.2) is 30.7 Å². The molecule has 0 spiro atoms. The number of benzene rings is 1. The van der Waals surface area contributed by atoms with E-state index in [0.717, 1.165) is 6.07 Å². The number of rotatable bonds is 6. The second-order valence-electron chi connectivity index (χ2n) is 4.07. The van der Waals surface area contributed by atoms with Gasteiger partial charge < -0.3 is 0 Å². The van der Waals surface area contributed by atoms with E-state index in [0.29, 0.717) is 6.42 Å². The minimum absolute atomic E-state index is 0.0932. The van der Waals surface area contributed by atoms with Crippen molar-refractivity contribution in [1.82, 2.24) is 4.72 Å². The summed E-state index contributed by atoms with van der Waals surface area (Å²) in [7, 11) is -4.72. The topological polar surface area (TPSA) is 63.2 Å². The Morgan fingerprint density at radius 2 is 2.11 bits per heavy atom. The normalized spacial score (nSPS) is 15.2. The molecule has 0 radical (unpaired) electrons. The quantitative estimate of drug-likeness (QED) is 0.831. The molecule has 4 nitrogen and oxygen atoms in total. The molecule has 19 heavy (non-hydrogen) atoms. The minimum Gasteiger partial charge on any atom is -0.260 e. The van der Waals surface area contributed by atoms with Gasteiger partial charge in [-0.15, -0.1) is 0 Å². The van der Waals surface area contributed by atoms with Gasteiger partial charge in [-0.3, -0.25) is 4.21 Å². The van der Waals surface area contributed by atoms with E-state index in [2.05, 4.69) is 20.7 Å². The first-order chi connectivity index (χ1) is 8.74. The van der Waals surface area contributed by atoms with Crippen molar-refractivity contribution in [2.45, 2.75) is 23.5 Å². The third-order valence-corrected chi connectivity index (χ3v) is 6.08. The average molecular weight is 372 g/mol. The van der Waals surface area contributed by atoms with Crippen molar-refractivity contribution in [2.24, 2.45) is 0 Å². The van der Waals surface area contributed by atoms with E-state index in [-0.39, 0.29) is 21.2 Å². The zero-order chi connectivity index (χ0) is 14.6. The maximum atomic E-state index is 13.3. The van der Waals surface area contributed by atoms with Gasteiger partial charge in [0.1, 0.15) is 5.82 Å². The zero-order valence-corrected chi connectivity index (χ0v) is 13.7. The molecule has 108 valence electrons. The predicted octanol–water partition coefficient (Wildman–Crippen LogP) is 2.02. The summed E-state index contributed by atoms with van der Waals surface area (Å²) in [5, 5.41) is -0.0932. The fraction of sp³-hybridized carbons (Fsp3) is 0.455. The number of nitrogens with one attached hydrogen (secondary N) is 1. The Morgan fingerprint density at radius 3 is 2.63 bits per heavy atom. The third kappa shape index (κ3) is 4.94. The van der Waals surface area contributed by atoms with Gasteiger partial charge >= 0.3 is 0 Å². The number of hydrogen-bond donors (Lipinski definition) is 1. The molecule has 0 aliphatic rings. The van der Waals surface area contributed by atoms with Crippen LogP contribution in [-0.2, 0) is 20.8 Å². The maximum absolute atomic E-state index is 13.3. The van der Waals surface area contributed by atoms with Gasteiger partial charge in [0.2, 0.25) is 10.0 Å². The molecule has 1 N–H and O–H groups in total. The van der Waals surface area contributed by atoms with Gasteiger partial charge in [0.25, 0.3) is 0 Å². The summed E-state index contributed by atoms with van der Waals surface area (Å²) < 4.78 is 50.7. The van der Waals surface area contributed by atoms with Gasteiger partial charge in [0.15, 0.2) is 0 Å². The number of hydrogen-bond acceptors (Lipinski definition) is 3. The Bertz CT molecular complexity index is 577.